The molecule has 1 saturated heterocycles. The first-order chi connectivity index (χ1) is 7.36. The van der Waals surface area contributed by atoms with E-state index in [0.717, 1.165) is 23.7 Å². The van der Waals surface area contributed by atoms with Crippen molar-refractivity contribution in [3.05, 3.63) is 53.1 Å². The maximum absolute atomic E-state index is 12.0. The second-order valence-electron chi connectivity index (χ2n) is 3.90. The Bertz CT molecular complexity index is 392. The minimum atomic E-state index is -0.198. The zero-order chi connectivity index (χ0) is 10.3. The highest BCUT2D eigenvalue weighted by Crippen LogP contribution is 2.34. The first-order valence-electron chi connectivity index (χ1n) is 5.25. The molecular weight excluding hydrogens is 190 g/mol. The van der Waals surface area contributed by atoms with Crippen LogP contribution in [0.1, 0.15) is 12.8 Å². The van der Waals surface area contributed by atoms with Gasteiger partial charge in [0.1, 0.15) is 11.9 Å². The summed E-state index contributed by atoms with van der Waals surface area (Å²) >= 11 is 0. The molecule has 2 unspecified atom stereocenters. The first kappa shape index (κ1) is 8.80. The van der Waals surface area contributed by atoms with Gasteiger partial charge in [0.2, 0.25) is 0 Å². The average Bonchev–Trinajstić information content (AvgIpc) is 2.30. The maximum Gasteiger partial charge on any atom is 0.140 e. The Balaban J connectivity index is 1.97. The second kappa shape index (κ2) is 3.28. The molecular formula is C12H12NO2-. The van der Waals surface area contributed by atoms with Gasteiger partial charge in [-0.1, -0.05) is 24.3 Å². The second-order valence-corrected chi connectivity index (χ2v) is 3.90. The van der Waals surface area contributed by atoms with Crippen molar-refractivity contribution in [2.75, 3.05) is 0 Å². The fourth-order valence-corrected chi connectivity index (χ4v) is 2.15. The SMILES string of the molecule is [O-]N1C2=CCCC=C2OC2C=CC=CC21. The molecule has 1 fully saturated rings. The lowest BCUT2D eigenvalue weighted by atomic mass is 10.00. The highest BCUT2D eigenvalue weighted by molar-refractivity contribution is 5.35. The summed E-state index contributed by atoms with van der Waals surface area (Å²) in [7, 11) is 0. The molecule has 3 heteroatoms. The summed E-state index contributed by atoms with van der Waals surface area (Å²) in [4.78, 5) is 0. The largest absolute Gasteiger partial charge is 0.758 e. The van der Waals surface area contributed by atoms with Crippen LogP contribution < -0.4 is 0 Å². The highest BCUT2D eigenvalue weighted by Gasteiger charge is 2.31. The van der Waals surface area contributed by atoms with Crippen molar-refractivity contribution in [2.45, 2.75) is 25.0 Å². The summed E-state index contributed by atoms with van der Waals surface area (Å²) in [5.74, 6) is 0.748. The van der Waals surface area contributed by atoms with Gasteiger partial charge in [0.05, 0.1) is 11.7 Å². The van der Waals surface area contributed by atoms with E-state index in [0.29, 0.717) is 5.70 Å². The van der Waals surface area contributed by atoms with E-state index in [4.69, 9.17) is 4.74 Å². The lowest BCUT2D eigenvalue weighted by Crippen LogP contribution is -2.45. The summed E-state index contributed by atoms with van der Waals surface area (Å²) < 4.78 is 5.78. The standard InChI is InChI=1S/C12H12NO2/c14-13-9-5-1-3-7-11(9)15-12-8-4-2-6-10(12)13/h1,3,5-9,11H,2,4H2/q-1. The van der Waals surface area contributed by atoms with E-state index < -0.39 is 0 Å². The van der Waals surface area contributed by atoms with Gasteiger partial charge in [-0.2, -0.15) is 0 Å². The third-order valence-corrected chi connectivity index (χ3v) is 2.91. The van der Waals surface area contributed by atoms with Crippen molar-refractivity contribution < 1.29 is 4.74 Å². The molecule has 15 heavy (non-hydrogen) atoms. The van der Waals surface area contributed by atoms with Crippen LogP contribution in [0.2, 0.25) is 0 Å². The van der Waals surface area contributed by atoms with Crippen molar-refractivity contribution in [1.82, 2.24) is 5.06 Å². The van der Waals surface area contributed by atoms with Gasteiger partial charge < -0.3 is 15.0 Å². The number of nitrogens with zero attached hydrogens (tertiary/aromatic N) is 1. The molecule has 0 aromatic rings. The Labute approximate surface area is 88.6 Å². The summed E-state index contributed by atoms with van der Waals surface area (Å²) in [6.45, 7) is 0. The average molecular weight is 202 g/mol. The van der Waals surface area contributed by atoms with Gasteiger partial charge in [-0.05, 0) is 25.0 Å². The smallest absolute Gasteiger partial charge is 0.140 e. The molecule has 3 aliphatic rings. The van der Waals surface area contributed by atoms with Crippen LogP contribution in [0.25, 0.3) is 0 Å². The van der Waals surface area contributed by atoms with Gasteiger partial charge >= 0.3 is 0 Å². The number of rotatable bonds is 0. The van der Waals surface area contributed by atoms with Crippen LogP contribution in [0.5, 0.6) is 0 Å². The van der Waals surface area contributed by atoms with E-state index in [-0.39, 0.29) is 12.1 Å². The van der Waals surface area contributed by atoms with E-state index in [1.54, 1.807) is 0 Å². The molecule has 0 aromatic carbocycles. The molecule has 0 bridgehead atoms. The van der Waals surface area contributed by atoms with Gasteiger partial charge in [-0.3, -0.25) is 0 Å². The lowest BCUT2D eigenvalue weighted by Gasteiger charge is -2.48. The number of hydroxylamine groups is 2. The molecule has 0 N–H and O–H groups in total. The minimum absolute atomic E-state index is 0.131. The fourth-order valence-electron chi connectivity index (χ4n) is 2.15. The van der Waals surface area contributed by atoms with Crippen molar-refractivity contribution in [1.29, 1.82) is 0 Å². The third kappa shape index (κ3) is 1.31. The lowest BCUT2D eigenvalue weighted by molar-refractivity contribution is 0.0643. The zero-order valence-electron chi connectivity index (χ0n) is 8.30. The summed E-state index contributed by atoms with van der Waals surface area (Å²) in [5, 5.41) is 13.1. The van der Waals surface area contributed by atoms with Crippen molar-refractivity contribution in [2.24, 2.45) is 0 Å². The molecule has 3 rings (SSSR count). The summed E-state index contributed by atoms with van der Waals surface area (Å²) in [6.07, 6.45) is 13.4. The number of hydrogen-bond acceptors (Lipinski definition) is 3. The van der Waals surface area contributed by atoms with E-state index in [1.165, 1.54) is 0 Å². The van der Waals surface area contributed by atoms with Crippen molar-refractivity contribution >= 4 is 0 Å². The Kier molecular flexibility index (Phi) is 1.92. The molecule has 3 nitrogen and oxygen atoms in total. The number of hydrogen-bond donors (Lipinski definition) is 0. The first-order valence-corrected chi connectivity index (χ1v) is 5.25. The van der Waals surface area contributed by atoms with Gasteiger partial charge in [0.15, 0.2) is 0 Å². The van der Waals surface area contributed by atoms with Crippen molar-refractivity contribution in [3.63, 3.8) is 0 Å². The molecule has 2 atom stereocenters. The minimum Gasteiger partial charge on any atom is -0.758 e. The van der Waals surface area contributed by atoms with Crippen LogP contribution in [0.15, 0.2) is 47.9 Å². The molecule has 1 heterocycles. The Morgan fingerprint density at radius 3 is 2.93 bits per heavy atom. The fraction of sp³-hybridized carbons (Fsp3) is 0.333. The summed E-state index contributed by atoms with van der Waals surface area (Å²) in [5.41, 5.74) is 0.697. The number of allylic oxidation sites excluding steroid dienone is 4. The summed E-state index contributed by atoms with van der Waals surface area (Å²) in [6, 6.07) is -0.198. The number of morpholine rings is 1. The molecule has 0 amide bonds. The monoisotopic (exact) mass is 202 g/mol. The quantitative estimate of drug-likeness (QED) is 0.604. The van der Waals surface area contributed by atoms with E-state index >= 15 is 0 Å². The van der Waals surface area contributed by atoms with Crippen LogP contribution in [0.4, 0.5) is 0 Å². The maximum atomic E-state index is 12.0. The van der Waals surface area contributed by atoms with Gasteiger partial charge in [-0.15, -0.1) is 0 Å². The Morgan fingerprint density at radius 2 is 2.00 bits per heavy atom. The van der Waals surface area contributed by atoms with E-state index in [2.05, 4.69) is 0 Å². The molecule has 78 valence electrons. The molecule has 0 aromatic heterocycles. The van der Waals surface area contributed by atoms with E-state index in [9.17, 15) is 5.21 Å². The normalized spacial score (nSPS) is 32.5. The predicted molar refractivity (Wildman–Crippen MR) is 57.5 cm³/mol. The predicted octanol–water partition coefficient (Wildman–Crippen LogP) is 2.24. The van der Waals surface area contributed by atoms with Crippen LogP contribution in [0, 0.1) is 5.21 Å². The topological polar surface area (TPSA) is 35.5 Å². The molecule has 0 radical (unpaired) electrons. The Morgan fingerprint density at radius 1 is 1.20 bits per heavy atom. The molecule has 2 aliphatic carbocycles. The zero-order valence-corrected chi connectivity index (χ0v) is 8.30. The van der Waals surface area contributed by atoms with Gasteiger partial charge in [-0.25, -0.2) is 0 Å². The van der Waals surface area contributed by atoms with Crippen LogP contribution in [-0.2, 0) is 4.74 Å². The molecule has 0 spiro atoms. The van der Waals surface area contributed by atoms with Gasteiger partial charge in [0.25, 0.3) is 0 Å². The third-order valence-electron chi connectivity index (χ3n) is 2.91. The number of fused-ring (bicyclic) bond motifs is 2. The Hall–Kier alpha value is -1.48. The van der Waals surface area contributed by atoms with Crippen molar-refractivity contribution in [3.8, 4) is 0 Å². The van der Waals surface area contributed by atoms with Crippen LogP contribution in [0.3, 0.4) is 0 Å². The highest BCUT2D eigenvalue weighted by atomic mass is 16.5. The molecule has 1 aliphatic heterocycles. The molecule has 0 saturated carbocycles. The van der Waals surface area contributed by atoms with E-state index in [1.807, 2.05) is 36.5 Å². The van der Waals surface area contributed by atoms with Crippen LogP contribution in [-0.4, -0.2) is 17.2 Å². The van der Waals surface area contributed by atoms with Gasteiger partial charge in [0, 0.05) is 0 Å². The van der Waals surface area contributed by atoms with Crippen LogP contribution >= 0.6 is 0 Å². The number of ether oxygens (including phenoxy) is 1.